The van der Waals surface area contributed by atoms with Crippen molar-refractivity contribution < 1.29 is 18.3 Å². The number of aliphatic hydroxyl groups is 1. The SMILES string of the molecule is CC(O)Cn1cc(I)c(C(F)(F)F)n1. The van der Waals surface area contributed by atoms with E-state index in [1.807, 2.05) is 0 Å². The molecule has 1 unspecified atom stereocenters. The number of nitrogens with zero attached hydrogens (tertiary/aromatic N) is 2. The van der Waals surface area contributed by atoms with Crippen LogP contribution in [0.5, 0.6) is 0 Å². The van der Waals surface area contributed by atoms with E-state index >= 15 is 0 Å². The van der Waals surface area contributed by atoms with Gasteiger partial charge in [-0.25, -0.2) is 0 Å². The highest BCUT2D eigenvalue weighted by Gasteiger charge is 2.36. The fourth-order valence-electron chi connectivity index (χ4n) is 0.953. The molecule has 14 heavy (non-hydrogen) atoms. The molecule has 0 aliphatic heterocycles. The van der Waals surface area contributed by atoms with E-state index in [4.69, 9.17) is 5.11 Å². The Morgan fingerprint density at radius 2 is 2.21 bits per heavy atom. The van der Waals surface area contributed by atoms with Gasteiger partial charge in [0.05, 0.1) is 16.2 Å². The van der Waals surface area contributed by atoms with E-state index in [0.717, 1.165) is 4.68 Å². The number of aromatic nitrogens is 2. The highest BCUT2D eigenvalue weighted by molar-refractivity contribution is 14.1. The number of rotatable bonds is 2. The van der Waals surface area contributed by atoms with Crippen LogP contribution in [0.15, 0.2) is 6.20 Å². The summed E-state index contributed by atoms with van der Waals surface area (Å²) in [6.45, 7) is 1.55. The maximum atomic E-state index is 12.3. The van der Waals surface area contributed by atoms with Crippen LogP contribution in [0.4, 0.5) is 13.2 Å². The van der Waals surface area contributed by atoms with E-state index in [2.05, 4.69) is 5.10 Å². The molecule has 0 aliphatic carbocycles. The Hall–Kier alpha value is -0.310. The summed E-state index contributed by atoms with van der Waals surface area (Å²) in [5.74, 6) is 0. The van der Waals surface area contributed by atoms with Crippen molar-refractivity contribution in [3.63, 3.8) is 0 Å². The van der Waals surface area contributed by atoms with Gasteiger partial charge >= 0.3 is 6.18 Å². The summed E-state index contributed by atoms with van der Waals surface area (Å²) in [4.78, 5) is 0. The zero-order valence-electron chi connectivity index (χ0n) is 7.22. The molecule has 0 bridgehead atoms. The third-order valence-corrected chi connectivity index (χ3v) is 2.23. The summed E-state index contributed by atoms with van der Waals surface area (Å²) in [6.07, 6.45) is -3.89. The standard InChI is InChI=1S/C7H8F3IN2O/c1-4(14)2-13-3-5(11)6(12-13)7(8,9)10/h3-4,14H,2H2,1H3. The molecule has 0 spiro atoms. The molecule has 1 N–H and O–H groups in total. The van der Waals surface area contributed by atoms with Crippen LogP contribution in [0, 0.1) is 3.57 Å². The van der Waals surface area contributed by atoms with Crippen LogP contribution in [-0.4, -0.2) is 21.0 Å². The Morgan fingerprint density at radius 3 is 2.57 bits per heavy atom. The summed E-state index contributed by atoms with van der Waals surface area (Å²) in [5, 5.41) is 12.3. The van der Waals surface area contributed by atoms with Crippen LogP contribution in [0.25, 0.3) is 0 Å². The molecule has 0 aromatic carbocycles. The predicted molar refractivity (Wildman–Crippen MR) is 51.6 cm³/mol. The molecule has 0 saturated heterocycles. The monoisotopic (exact) mass is 320 g/mol. The van der Waals surface area contributed by atoms with E-state index in [9.17, 15) is 13.2 Å². The summed E-state index contributed by atoms with van der Waals surface area (Å²) in [7, 11) is 0. The molecule has 1 aromatic rings. The third kappa shape index (κ3) is 2.84. The van der Waals surface area contributed by atoms with Crippen LogP contribution >= 0.6 is 22.6 Å². The van der Waals surface area contributed by atoms with Gasteiger partial charge in [0.15, 0.2) is 5.69 Å². The van der Waals surface area contributed by atoms with Crippen molar-refractivity contribution in [3.05, 3.63) is 15.5 Å². The minimum absolute atomic E-state index is 0.0377. The second kappa shape index (κ2) is 4.05. The molecular formula is C7H8F3IN2O. The van der Waals surface area contributed by atoms with Gasteiger partial charge in [-0.2, -0.15) is 18.3 Å². The highest BCUT2D eigenvalue weighted by atomic mass is 127. The van der Waals surface area contributed by atoms with Gasteiger partial charge in [0, 0.05) is 6.20 Å². The molecule has 0 radical (unpaired) electrons. The Balaban J connectivity index is 2.94. The molecule has 0 saturated carbocycles. The van der Waals surface area contributed by atoms with Crippen LogP contribution in [-0.2, 0) is 12.7 Å². The first-order valence-electron chi connectivity index (χ1n) is 3.79. The van der Waals surface area contributed by atoms with Crippen molar-refractivity contribution in [2.45, 2.75) is 25.7 Å². The van der Waals surface area contributed by atoms with E-state index in [1.54, 1.807) is 22.6 Å². The molecule has 1 aromatic heterocycles. The minimum atomic E-state index is -4.43. The van der Waals surface area contributed by atoms with Gasteiger partial charge in [0.25, 0.3) is 0 Å². The summed E-state index contributed by atoms with van der Waals surface area (Å²) >= 11 is 1.57. The molecule has 1 rings (SSSR count). The highest BCUT2D eigenvalue weighted by Crippen LogP contribution is 2.31. The fourth-order valence-corrected chi connectivity index (χ4v) is 1.69. The molecule has 7 heteroatoms. The average molecular weight is 320 g/mol. The van der Waals surface area contributed by atoms with Crippen LogP contribution in [0.1, 0.15) is 12.6 Å². The van der Waals surface area contributed by atoms with Crippen molar-refractivity contribution in [3.8, 4) is 0 Å². The zero-order chi connectivity index (χ0) is 10.9. The maximum Gasteiger partial charge on any atom is 0.436 e. The third-order valence-electron chi connectivity index (χ3n) is 1.44. The summed E-state index contributed by atoms with van der Waals surface area (Å²) in [6, 6.07) is 0. The number of halogens is 4. The lowest BCUT2D eigenvalue weighted by Gasteiger charge is -2.04. The number of hydrogen-bond acceptors (Lipinski definition) is 2. The Labute approximate surface area is 92.1 Å². The fraction of sp³-hybridized carbons (Fsp3) is 0.571. The normalized spacial score (nSPS) is 14.4. The van der Waals surface area contributed by atoms with Gasteiger partial charge in [-0.15, -0.1) is 0 Å². The smallest absolute Gasteiger partial charge is 0.391 e. The van der Waals surface area contributed by atoms with Crippen LogP contribution in [0.2, 0.25) is 0 Å². The van der Waals surface area contributed by atoms with Gasteiger partial charge in [-0.3, -0.25) is 4.68 Å². The molecule has 1 atom stereocenters. The van der Waals surface area contributed by atoms with E-state index in [1.165, 1.54) is 13.1 Å². The minimum Gasteiger partial charge on any atom is -0.391 e. The molecule has 0 amide bonds. The lowest BCUT2D eigenvalue weighted by atomic mass is 10.4. The van der Waals surface area contributed by atoms with Crippen molar-refractivity contribution in [1.82, 2.24) is 9.78 Å². The second-order valence-electron chi connectivity index (χ2n) is 2.89. The van der Waals surface area contributed by atoms with Gasteiger partial charge < -0.3 is 5.11 Å². The molecule has 0 fully saturated rings. The maximum absolute atomic E-state index is 12.3. The lowest BCUT2D eigenvalue weighted by molar-refractivity contribution is -0.142. The van der Waals surface area contributed by atoms with Crippen LogP contribution < -0.4 is 0 Å². The van der Waals surface area contributed by atoms with Gasteiger partial charge in [-0.1, -0.05) is 0 Å². The summed E-state index contributed by atoms with van der Waals surface area (Å²) < 4.78 is 37.9. The van der Waals surface area contributed by atoms with E-state index in [-0.39, 0.29) is 10.1 Å². The van der Waals surface area contributed by atoms with Crippen molar-refractivity contribution in [1.29, 1.82) is 0 Å². The van der Waals surface area contributed by atoms with Crippen molar-refractivity contribution in [2.24, 2.45) is 0 Å². The Kier molecular flexibility index (Phi) is 3.40. The first kappa shape index (κ1) is 11.8. The van der Waals surface area contributed by atoms with E-state index < -0.39 is 18.0 Å². The summed E-state index contributed by atoms with van der Waals surface area (Å²) in [5.41, 5.74) is -0.904. The molecule has 1 heterocycles. The van der Waals surface area contributed by atoms with Gasteiger partial charge in [-0.05, 0) is 29.5 Å². The molecule has 0 aliphatic rings. The number of hydrogen-bond donors (Lipinski definition) is 1. The quantitative estimate of drug-likeness (QED) is 0.845. The topological polar surface area (TPSA) is 38.0 Å². The number of aliphatic hydroxyl groups excluding tert-OH is 1. The molecular weight excluding hydrogens is 312 g/mol. The predicted octanol–water partition coefficient (Wildman–Crippen LogP) is 1.89. The lowest BCUT2D eigenvalue weighted by Crippen LogP contribution is -2.14. The van der Waals surface area contributed by atoms with Crippen molar-refractivity contribution in [2.75, 3.05) is 0 Å². The number of alkyl halides is 3. The van der Waals surface area contributed by atoms with Crippen LogP contribution in [0.3, 0.4) is 0 Å². The zero-order valence-corrected chi connectivity index (χ0v) is 9.37. The molecule has 80 valence electrons. The average Bonchev–Trinajstić information content (AvgIpc) is 2.27. The van der Waals surface area contributed by atoms with Gasteiger partial charge in [0.2, 0.25) is 0 Å². The first-order valence-corrected chi connectivity index (χ1v) is 4.87. The van der Waals surface area contributed by atoms with Gasteiger partial charge in [0.1, 0.15) is 0 Å². The largest absolute Gasteiger partial charge is 0.436 e. The first-order chi connectivity index (χ1) is 6.30. The second-order valence-corrected chi connectivity index (χ2v) is 4.06. The molecule has 3 nitrogen and oxygen atoms in total. The van der Waals surface area contributed by atoms with Crippen molar-refractivity contribution >= 4 is 22.6 Å². The Morgan fingerprint density at radius 1 is 1.64 bits per heavy atom. The Bertz CT molecular complexity index is 321. The van der Waals surface area contributed by atoms with E-state index in [0.29, 0.717) is 0 Å².